The summed E-state index contributed by atoms with van der Waals surface area (Å²) in [7, 11) is 0. The van der Waals surface area contributed by atoms with Crippen molar-refractivity contribution in [3.05, 3.63) is 10.4 Å². The largest absolute Gasteiger partial charge is 0.379 e. The van der Waals surface area contributed by atoms with Crippen LogP contribution in [0.4, 0.5) is 0 Å². The summed E-state index contributed by atoms with van der Waals surface area (Å²) in [4.78, 5) is 52.2. The van der Waals surface area contributed by atoms with Crippen molar-refractivity contribution >= 4 is 23.5 Å². The summed E-state index contributed by atoms with van der Waals surface area (Å²) in [5, 5.41) is 14.4. The van der Waals surface area contributed by atoms with Crippen LogP contribution in [0.3, 0.4) is 0 Å². The van der Waals surface area contributed by atoms with Crippen LogP contribution in [0.5, 0.6) is 0 Å². The summed E-state index contributed by atoms with van der Waals surface area (Å²) >= 11 is 0. The topological polar surface area (TPSA) is 200 Å². The zero-order valence-corrected chi connectivity index (χ0v) is 20.5. The second kappa shape index (κ2) is 19.7. The van der Waals surface area contributed by atoms with Crippen LogP contribution in [-0.2, 0) is 23.9 Å². The molecule has 0 saturated carbocycles. The number of hydrogen-bond donors (Lipinski definition) is 5. The normalized spacial score (nSPS) is 12.4. The van der Waals surface area contributed by atoms with Crippen LogP contribution in [0, 0.1) is 11.8 Å². The fourth-order valence-corrected chi connectivity index (χ4v) is 3.09. The Hall–Kier alpha value is -2.73. The molecule has 0 aromatic rings. The van der Waals surface area contributed by atoms with Crippen LogP contribution in [0.2, 0.25) is 0 Å². The molecule has 0 aromatic carbocycles. The minimum absolute atomic E-state index is 0.153. The van der Waals surface area contributed by atoms with Crippen molar-refractivity contribution in [1.29, 1.82) is 0 Å². The fraction of sp³-hybridized carbons (Fsp3) is 0.810. The predicted octanol–water partition coefficient (Wildman–Crippen LogP) is -0.390. The smallest absolute Gasteiger partial charge is 0.224 e. The molecule has 0 bridgehead atoms. The lowest BCUT2D eigenvalue weighted by Gasteiger charge is -2.22. The van der Waals surface area contributed by atoms with Crippen LogP contribution in [-0.4, -0.2) is 82.0 Å². The maximum absolute atomic E-state index is 12.9. The van der Waals surface area contributed by atoms with Crippen LogP contribution in [0.1, 0.15) is 40.0 Å². The number of carbonyl (C=O) groups is 4. The highest BCUT2D eigenvalue weighted by Gasteiger charge is 2.29. The van der Waals surface area contributed by atoms with E-state index < -0.39 is 17.9 Å². The molecule has 3 amide bonds. The van der Waals surface area contributed by atoms with E-state index in [0.717, 1.165) is 0 Å². The van der Waals surface area contributed by atoms with Gasteiger partial charge in [0.1, 0.15) is 0 Å². The SMILES string of the molecule is CC(=O)N[C@H](CC(C)C)C(=O)C[C@@H](CC(=O)NCCNCCN)C(=O)NCCOCCN=[N+]=[N-]. The molecular weight excluding hydrogens is 444 g/mol. The first-order valence-corrected chi connectivity index (χ1v) is 11.5. The Morgan fingerprint density at radius 2 is 1.76 bits per heavy atom. The first kappa shape index (κ1) is 31.3. The molecule has 34 heavy (non-hydrogen) atoms. The van der Waals surface area contributed by atoms with E-state index in [9.17, 15) is 19.2 Å². The van der Waals surface area contributed by atoms with E-state index in [0.29, 0.717) is 32.6 Å². The van der Waals surface area contributed by atoms with E-state index in [-0.39, 0.29) is 62.7 Å². The molecule has 0 aliphatic carbocycles. The van der Waals surface area contributed by atoms with Gasteiger partial charge in [-0.05, 0) is 17.9 Å². The van der Waals surface area contributed by atoms with Crippen molar-refractivity contribution in [2.75, 3.05) is 52.5 Å². The molecule has 0 aliphatic rings. The maximum Gasteiger partial charge on any atom is 0.224 e. The number of amides is 3. The molecule has 0 aromatic heterocycles. The molecule has 0 radical (unpaired) electrons. The number of rotatable bonds is 20. The van der Waals surface area contributed by atoms with Gasteiger partial charge < -0.3 is 31.7 Å². The number of azide groups is 1. The minimum Gasteiger partial charge on any atom is -0.379 e. The first-order valence-electron chi connectivity index (χ1n) is 11.5. The number of nitrogens with two attached hydrogens (primary N) is 1. The van der Waals surface area contributed by atoms with Crippen LogP contribution < -0.4 is 27.0 Å². The molecule has 0 saturated heterocycles. The average Bonchev–Trinajstić information content (AvgIpc) is 2.76. The van der Waals surface area contributed by atoms with E-state index in [1.54, 1.807) is 0 Å². The number of carbonyl (C=O) groups excluding carboxylic acids is 4. The standard InChI is InChI=1S/C21H40N8O5/c1-15(2)12-18(28-16(3)30)19(31)13-17(14-20(32)25-7-6-24-5-4-22)21(33)26-8-10-34-11-9-27-29-23/h15,17-18,24H,4-14,22H2,1-3H3,(H,25,32)(H,26,33)(H,28,30)/t17-,18+/m0/s1. The highest BCUT2D eigenvalue weighted by molar-refractivity contribution is 5.94. The van der Waals surface area contributed by atoms with Crippen molar-refractivity contribution < 1.29 is 23.9 Å². The number of hydrogen-bond acceptors (Lipinski definition) is 8. The van der Waals surface area contributed by atoms with Gasteiger partial charge in [0.2, 0.25) is 17.7 Å². The third-order valence-corrected chi connectivity index (χ3v) is 4.61. The first-order chi connectivity index (χ1) is 16.2. The second-order valence-corrected chi connectivity index (χ2v) is 8.20. The van der Waals surface area contributed by atoms with E-state index >= 15 is 0 Å². The summed E-state index contributed by atoms with van der Waals surface area (Å²) in [6.45, 7) is 7.96. The summed E-state index contributed by atoms with van der Waals surface area (Å²) < 4.78 is 5.25. The van der Waals surface area contributed by atoms with Crippen molar-refractivity contribution in [1.82, 2.24) is 21.3 Å². The number of nitrogens with zero attached hydrogens (tertiary/aromatic N) is 3. The molecule has 0 aliphatic heterocycles. The second-order valence-electron chi connectivity index (χ2n) is 8.20. The van der Waals surface area contributed by atoms with Crippen molar-refractivity contribution in [3.63, 3.8) is 0 Å². The molecular formula is C21H40N8O5. The summed E-state index contributed by atoms with van der Waals surface area (Å²) in [6.07, 6.45) is 0.0888. The third kappa shape index (κ3) is 16.8. The molecule has 194 valence electrons. The van der Waals surface area contributed by atoms with Gasteiger partial charge in [-0.2, -0.15) is 0 Å². The number of nitrogens with one attached hydrogen (secondary N) is 4. The summed E-state index contributed by atoms with van der Waals surface area (Å²) in [5.41, 5.74) is 13.6. The van der Waals surface area contributed by atoms with Gasteiger partial charge in [0.25, 0.3) is 0 Å². The predicted molar refractivity (Wildman–Crippen MR) is 128 cm³/mol. The number of ether oxygens (including phenoxy) is 1. The quantitative estimate of drug-likeness (QED) is 0.0670. The Morgan fingerprint density at radius 1 is 1.03 bits per heavy atom. The molecule has 0 heterocycles. The van der Waals surface area contributed by atoms with Gasteiger partial charge in [-0.1, -0.05) is 19.0 Å². The van der Waals surface area contributed by atoms with E-state index in [2.05, 4.69) is 31.3 Å². The Labute approximate surface area is 200 Å². The van der Waals surface area contributed by atoms with Crippen LogP contribution in [0.25, 0.3) is 10.4 Å². The van der Waals surface area contributed by atoms with Crippen LogP contribution in [0.15, 0.2) is 5.11 Å². The zero-order valence-electron chi connectivity index (χ0n) is 20.5. The molecule has 6 N–H and O–H groups in total. The Balaban J connectivity index is 4.99. The van der Waals surface area contributed by atoms with Crippen LogP contribution >= 0.6 is 0 Å². The lowest BCUT2D eigenvalue weighted by molar-refractivity contribution is -0.134. The zero-order chi connectivity index (χ0) is 25.8. The van der Waals surface area contributed by atoms with Gasteiger partial charge in [-0.3, -0.25) is 19.2 Å². The van der Waals surface area contributed by atoms with Gasteiger partial charge in [0.05, 0.1) is 25.2 Å². The third-order valence-electron chi connectivity index (χ3n) is 4.61. The lowest BCUT2D eigenvalue weighted by Crippen LogP contribution is -2.44. The summed E-state index contributed by atoms with van der Waals surface area (Å²) in [5.74, 6) is -2.17. The van der Waals surface area contributed by atoms with Gasteiger partial charge >= 0.3 is 0 Å². The Morgan fingerprint density at radius 3 is 2.38 bits per heavy atom. The fourth-order valence-electron chi connectivity index (χ4n) is 3.09. The van der Waals surface area contributed by atoms with E-state index in [1.807, 2.05) is 13.8 Å². The van der Waals surface area contributed by atoms with Crippen molar-refractivity contribution in [3.8, 4) is 0 Å². The molecule has 0 fully saturated rings. The lowest BCUT2D eigenvalue weighted by atomic mass is 9.91. The van der Waals surface area contributed by atoms with E-state index in [1.165, 1.54) is 6.92 Å². The maximum atomic E-state index is 12.9. The molecule has 0 spiro atoms. The average molecular weight is 485 g/mol. The molecule has 2 atom stereocenters. The van der Waals surface area contributed by atoms with Gasteiger partial charge in [0, 0.05) is 63.9 Å². The molecule has 0 unspecified atom stereocenters. The highest BCUT2D eigenvalue weighted by Crippen LogP contribution is 2.15. The minimum atomic E-state index is -0.892. The Kier molecular flexibility index (Phi) is 18.1. The Bertz CT molecular complexity index is 682. The van der Waals surface area contributed by atoms with E-state index in [4.69, 9.17) is 16.0 Å². The van der Waals surface area contributed by atoms with Crippen molar-refractivity contribution in [2.24, 2.45) is 22.7 Å². The molecule has 0 rings (SSSR count). The molecule has 13 nitrogen and oxygen atoms in total. The summed E-state index contributed by atoms with van der Waals surface area (Å²) in [6, 6.07) is -0.722. The number of ketones is 1. The molecule has 13 heteroatoms. The van der Waals surface area contributed by atoms with Crippen molar-refractivity contribution in [2.45, 2.75) is 46.1 Å². The van der Waals surface area contributed by atoms with Gasteiger partial charge in [0.15, 0.2) is 5.78 Å². The highest BCUT2D eigenvalue weighted by atomic mass is 16.5. The number of Topliss-reactive ketones (excluding diaryl/α,β-unsaturated/α-hetero) is 1. The van der Waals surface area contributed by atoms with Gasteiger partial charge in [-0.15, -0.1) is 0 Å². The monoisotopic (exact) mass is 484 g/mol. The van der Waals surface area contributed by atoms with Gasteiger partial charge in [-0.25, -0.2) is 0 Å².